The number of hydrogen-bond donors (Lipinski definition) is 2. The van der Waals surface area contributed by atoms with Crippen molar-refractivity contribution in [3.63, 3.8) is 0 Å². The van der Waals surface area contributed by atoms with Gasteiger partial charge in [-0.2, -0.15) is 0 Å². The first-order chi connectivity index (χ1) is 12.1. The molecule has 144 valence electrons. The molecule has 0 spiro atoms. The second-order valence-electron chi connectivity index (χ2n) is 7.44. The van der Waals surface area contributed by atoms with Gasteiger partial charge in [0.1, 0.15) is 0 Å². The molecule has 6 heteroatoms. The smallest absolute Gasteiger partial charge is 0.308 e. The number of carbonyl (C=O) groups excluding carboxylic acids is 1. The Labute approximate surface area is 152 Å². The number of aliphatic imine (C=N–C) groups is 1. The summed E-state index contributed by atoms with van der Waals surface area (Å²) < 4.78 is 5.15. The molecule has 0 aromatic carbocycles. The van der Waals surface area contributed by atoms with E-state index in [1.54, 1.807) is 0 Å². The monoisotopic (exact) mass is 352 g/mol. The lowest BCUT2D eigenvalue weighted by Crippen LogP contribution is -2.45. The van der Waals surface area contributed by atoms with Crippen molar-refractivity contribution in [3.05, 3.63) is 0 Å². The summed E-state index contributed by atoms with van der Waals surface area (Å²) in [6.45, 7) is 8.56. The standard InChI is InChI=1S/C19H36N4O2/c1-4-20-19(21-13-15-7-6-12-23(3)14-15)22-17-10-8-16(9-11-17)18(24)25-5-2/h15-17H,4-14H2,1-3H3,(H2,20,21,22). The lowest BCUT2D eigenvalue weighted by atomic mass is 9.86. The van der Waals surface area contributed by atoms with Crippen molar-refractivity contribution in [2.75, 3.05) is 39.8 Å². The SMILES string of the molecule is CCNC(=NCC1CCCN(C)C1)NC1CCC(C(=O)OCC)CC1. The lowest BCUT2D eigenvalue weighted by molar-refractivity contribution is -0.149. The van der Waals surface area contributed by atoms with Crippen molar-refractivity contribution in [3.8, 4) is 0 Å². The van der Waals surface area contributed by atoms with Gasteiger partial charge in [-0.3, -0.25) is 9.79 Å². The first kappa shape index (κ1) is 20.0. The molecule has 0 aromatic heterocycles. The number of carbonyl (C=O) groups is 1. The van der Waals surface area contributed by atoms with E-state index < -0.39 is 0 Å². The molecule has 2 aliphatic rings. The molecule has 0 amide bonds. The normalized spacial score (nSPS) is 28.4. The summed E-state index contributed by atoms with van der Waals surface area (Å²) >= 11 is 0. The van der Waals surface area contributed by atoms with Crippen LogP contribution in [-0.4, -0.2) is 62.7 Å². The van der Waals surface area contributed by atoms with Crippen LogP contribution in [0.4, 0.5) is 0 Å². The van der Waals surface area contributed by atoms with Gasteiger partial charge >= 0.3 is 5.97 Å². The topological polar surface area (TPSA) is 66.0 Å². The summed E-state index contributed by atoms with van der Waals surface area (Å²) in [5.74, 6) is 1.64. The zero-order chi connectivity index (χ0) is 18.1. The summed E-state index contributed by atoms with van der Waals surface area (Å²) in [4.78, 5) is 19.1. The van der Waals surface area contributed by atoms with Crippen molar-refractivity contribution >= 4 is 11.9 Å². The van der Waals surface area contributed by atoms with Gasteiger partial charge in [0.25, 0.3) is 0 Å². The van der Waals surface area contributed by atoms with Gasteiger partial charge in [0, 0.05) is 25.7 Å². The van der Waals surface area contributed by atoms with Crippen LogP contribution < -0.4 is 10.6 Å². The Balaban J connectivity index is 1.79. The Kier molecular flexibility index (Phi) is 8.52. The fourth-order valence-electron chi connectivity index (χ4n) is 3.89. The largest absolute Gasteiger partial charge is 0.466 e. The first-order valence-corrected chi connectivity index (χ1v) is 10.0. The van der Waals surface area contributed by atoms with Crippen LogP contribution >= 0.6 is 0 Å². The van der Waals surface area contributed by atoms with Gasteiger partial charge in [0.2, 0.25) is 0 Å². The Hall–Kier alpha value is -1.30. The van der Waals surface area contributed by atoms with E-state index in [2.05, 4.69) is 29.5 Å². The van der Waals surface area contributed by atoms with Gasteiger partial charge in [-0.05, 0) is 71.9 Å². The highest BCUT2D eigenvalue weighted by atomic mass is 16.5. The number of nitrogens with zero attached hydrogens (tertiary/aromatic N) is 2. The third kappa shape index (κ3) is 6.84. The maximum Gasteiger partial charge on any atom is 0.308 e. The summed E-state index contributed by atoms with van der Waals surface area (Å²) in [5, 5.41) is 6.94. The van der Waals surface area contributed by atoms with E-state index in [9.17, 15) is 4.79 Å². The number of ether oxygens (including phenoxy) is 1. The van der Waals surface area contributed by atoms with Crippen molar-refractivity contribution in [2.45, 2.75) is 58.4 Å². The predicted molar refractivity (Wildman–Crippen MR) is 102 cm³/mol. The summed E-state index contributed by atoms with van der Waals surface area (Å²) in [6.07, 6.45) is 6.36. The number of guanidine groups is 1. The van der Waals surface area contributed by atoms with Gasteiger partial charge in [-0.15, -0.1) is 0 Å². The van der Waals surface area contributed by atoms with E-state index in [4.69, 9.17) is 9.73 Å². The fraction of sp³-hybridized carbons (Fsp3) is 0.895. The van der Waals surface area contributed by atoms with Gasteiger partial charge < -0.3 is 20.3 Å². The first-order valence-electron chi connectivity index (χ1n) is 10.0. The molecule has 1 heterocycles. The van der Waals surface area contributed by atoms with E-state index in [-0.39, 0.29) is 11.9 Å². The molecule has 1 unspecified atom stereocenters. The molecular formula is C19H36N4O2. The minimum absolute atomic E-state index is 0.0251. The maximum atomic E-state index is 11.9. The fourth-order valence-corrected chi connectivity index (χ4v) is 3.89. The van der Waals surface area contributed by atoms with E-state index in [1.165, 1.54) is 19.4 Å². The van der Waals surface area contributed by atoms with Gasteiger partial charge in [-0.1, -0.05) is 0 Å². The third-order valence-electron chi connectivity index (χ3n) is 5.26. The quantitative estimate of drug-likeness (QED) is 0.435. The van der Waals surface area contributed by atoms with Crippen molar-refractivity contribution in [1.82, 2.24) is 15.5 Å². The number of esters is 1. The highest BCUT2D eigenvalue weighted by molar-refractivity contribution is 5.80. The number of piperidine rings is 1. The van der Waals surface area contributed by atoms with E-state index in [0.29, 0.717) is 18.6 Å². The molecule has 1 atom stereocenters. The zero-order valence-corrected chi connectivity index (χ0v) is 16.2. The molecule has 6 nitrogen and oxygen atoms in total. The molecule has 1 saturated carbocycles. The average molecular weight is 353 g/mol. The second-order valence-corrected chi connectivity index (χ2v) is 7.44. The van der Waals surface area contributed by atoms with Crippen LogP contribution in [0, 0.1) is 11.8 Å². The Bertz CT molecular complexity index is 433. The Morgan fingerprint density at radius 1 is 1.20 bits per heavy atom. The van der Waals surface area contributed by atoms with Gasteiger partial charge in [-0.25, -0.2) is 0 Å². The molecule has 25 heavy (non-hydrogen) atoms. The average Bonchev–Trinajstić information content (AvgIpc) is 2.61. The molecule has 2 rings (SSSR count). The molecule has 1 saturated heterocycles. The molecule has 0 radical (unpaired) electrons. The third-order valence-corrected chi connectivity index (χ3v) is 5.26. The van der Waals surface area contributed by atoms with Crippen LogP contribution in [0.1, 0.15) is 52.4 Å². The number of rotatable bonds is 6. The van der Waals surface area contributed by atoms with E-state index >= 15 is 0 Å². The van der Waals surface area contributed by atoms with Crippen molar-refractivity contribution in [1.29, 1.82) is 0 Å². The molecule has 2 N–H and O–H groups in total. The lowest BCUT2D eigenvalue weighted by Gasteiger charge is -2.30. The number of likely N-dealkylation sites (tertiary alicyclic amines) is 1. The molecule has 1 aliphatic heterocycles. The van der Waals surface area contributed by atoms with Crippen LogP contribution in [0.25, 0.3) is 0 Å². The van der Waals surface area contributed by atoms with Crippen molar-refractivity contribution < 1.29 is 9.53 Å². The summed E-state index contributed by atoms with van der Waals surface area (Å²) in [6, 6.07) is 0.400. The molecule has 2 fully saturated rings. The molecular weight excluding hydrogens is 316 g/mol. The van der Waals surface area contributed by atoms with Crippen LogP contribution in [-0.2, 0) is 9.53 Å². The number of nitrogens with one attached hydrogen (secondary N) is 2. The van der Waals surface area contributed by atoms with Crippen LogP contribution in [0.15, 0.2) is 4.99 Å². The van der Waals surface area contributed by atoms with Gasteiger partial charge in [0.15, 0.2) is 5.96 Å². The van der Waals surface area contributed by atoms with Crippen LogP contribution in [0.5, 0.6) is 0 Å². The van der Waals surface area contributed by atoms with E-state index in [1.807, 2.05) is 6.92 Å². The highest BCUT2D eigenvalue weighted by Gasteiger charge is 2.27. The summed E-state index contributed by atoms with van der Waals surface area (Å²) in [5.41, 5.74) is 0. The minimum atomic E-state index is -0.0251. The Morgan fingerprint density at radius 2 is 1.96 bits per heavy atom. The van der Waals surface area contributed by atoms with Crippen LogP contribution in [0.3, 0.4) is 0 Å². The number of hydrogen-bond acceptors (Lipinski definition) is 4. The molecule has 0 bridgehead atoms. The maximum absolute atomic E-state index is 11.9. The predicted octanol–water partition coefficient (Wildman–Crippen LogP) is 2.01. The Morgan fingerprint density at radius 3 is 2.60 bits per heavy atom. The highest BCUT2D eigenvalue weighted by Crippen LogP contribution is 2.25. The van der Waals surface area contributed by atoms with Crippen molar-refractivity contribution in [2.24, 2.45) is 16.8 Å². The minimum Gasteiger partial charge on any atom is -0.466 e. The van der Waals surface area contributed by atoms with E-state index in [0.717, 1.165) is 51.3 Å². The summed E-state index contributed by atoms with van der Waals surface area (Å²) in [7, 11) is 2.20. The molecule has 0 aromatic rings. The zero-order valence-electron chi connectivity index (χ0n) is 16.2. The van der Waals surface area contributed by atoms with Gasteiger partial charge in [0.05, 0.1) is 12.5 Å². The second kappa shape index (κ2) is 10.6. The van der Waals surface area contributed by atoms with Crippen LogP contribution in [0.2, 0.25) is 0 Å². The molecule has 1 aliphatic carbocycles.